The van der Waals surface area contributed by atoms with Gasteiger partial charge in [-0.1, -0.05) is 32.6 Å². The Kier molecular flexibility index (Phi) is 7.87. The van der Waals surface area contributed by atoms with Gasteiger partial charge in [-0.15, -0.1) is 0 Å². The van der Waals surface area contributed by atoms with Crippen LogP contribution in [0.5, 0.6) is 0 Å². The van der Waals surface area contributed by atoms with E-state index in [9.17, 15) is 5.11 Å². The molecule has 0 aromatic carbocycles. The van der Waals surface area contributed by atoms with Gasteiger partial charge in [0.1, 0.15) is 0 Å². The maximum absolute atomic E-state index is 9.48. The molecule has 0 radical (unpaired) electrons. The van der Waals surface area contributed by atoms with Crippen molar-refractivity contribution in [2.24, 2.45) is 0 Å². The van der Waals surface area contributed by atoms with Crippen LogP contribution < -0.4 is 5.32 Å². The van der Waals surface area contributed by atoms with Crippen molar-refractivity contribution in [1.29, 1.82) is 0 Å². The van der Waals surface area contributed by atoms with E-state index < -0.39 is 0 Å². The molecule has 1 fully saturated rings. The zero-order valence-corrected chi connectivity index (χ0v) is 12.2. The van der Waals surface area contributed by atoms with Crippen LogP contribution in [0.3, 0.4) is 0 Å². The Hall–Kier alpha value is -0.120. The maximum Gasteiger partial charge on any atom is 0.0611 e. The summed E-state index contributed by atoms with van der Waals surface area (Å²) in [7, 11) is 0. The Morgan fingerprint density at radius 2 is 1.89 bits per heavy atom. The first-order valence-corrected chi connectivity index (χ1v) is 7.67. The Labute approximate surface area is 112 Å². The van der Waals surface area contributed by atoms with Crippen molar-refractivity contribution in [2.45, 2.75) is 76.9 Å². The van der Waals surface area contributed by atoms with E-state index in [0.29, 0.717) is 6.10 Å². The van der Waals surface area contributed by atoms with Crippen molar-refractivity contribution in [1.82, 2.24) is 5.32 Å². The molecule has 108 valence electrons. The van der Waals surface area contributed by atoms with E-state index in [4.69, 9.17) is 4.74 Å². The summed E-state index contributed by atoms with van der Waals surface area (Å²) < 4.78 is 5.99. The van der Waals surface area contributed by atoms with Crippen LogP contribution in [0.25, 0.3) is 0 Å². The second-order valence-electron chi connectivity index (χ2n) is 5.88. The Morgan fingerprint density at radius 1 is 1.22 bits per heavy atom. The number of aliphatic hydroxyl groups excluding tert-OH is 1. The molecule has 0 spiro atoms. The maximum atomic E-state index is 9.48. The Morgan fingerprint density at radius 3 is 2.44 bits per heavy atom. The molecule has 0 saturated heterocycles. The summed E-state index contributed by atoms with van der Waals surface area (Å²) >= 11 is 0. The van der Waals surface area contributed by atoms with E-state index in [0.717, 1.165) is 26.0 Å². The lowest BCUT2D eigenvalue weighted by Gasteiger charge is -2.29. The number of rotatable bonds is 8. The minimum Gasteiger partial charge on any atom is -0.394 e. The van der Waals surface area contributed by atoms with Gasteiger partial charge in [0.15, 0.2) is 0 Å². The van der Waals surface area contributed by atoms with Crippen molar-refractivity contribution in [3.63, 3.8) is 0 Å². The standard InChI is InChI=1S/C15H31NO2/c1-3-11-16-15(2,13-17)10-12-18-14-8-6-4-5-7-9-14/h14,16-17H,3-13H2,1-2H3. The molecule has 3 heteroatoms. The van der Waals surface area contributed by atoms with Gasteiger partial charge >= 0.3 is 0 Å². The summed E-state index contributed by atoms with van der Waals surface area (Å²) in [4.78, 5) is 0. The van der Waals surface area contributed by atoms with Gasteiger partial charge < -0.3 is 15.2 Å². The molecule has 0 heterocycles. The van der Waals surface area contributed by atoms with Crippen molar-refractivity contribution < 1.29 is 9.84 Å². The average Bonchev–Trinajstić information content (AvgIpc) is 2.65. The second kappa shape index (κ2) is 8.89. The fourth-order valence-corrected chi connectivity index (χ4v) is 2.51. The highest BCUT2D eigenvalue weighted by molar-refractivity contribution is 4.82. The SMILES string of the molecule is CCCNC(C)(CO)CCOC1CCCCCC1. The first-order chi connectivity index (χ1) is 8.70. The molecule has 1 aliphatic rings. The second-order valence-corrected chi connectivity index (χ2v) is 5.88. The monoisotopic (exact) mass is 257 g/mol. The van der Waals surface area contributed by atoms with Gasteiger partial charge in [-0.3, -0.25) is 0 Å². The van der Waals surface area contributed by atoms with E-state index in [1.807, 2.05) is 0 Å². The van der Waals surface area contributed by atoms with Crippen LogP contribution in [0.2, 0.25) is 0 Å². The van der Waals surface area contributed by atoms with Crippen LogP contribution in [-0.2, 0) is 4.74 Å². The summed E-state index contributed by atoms with van der Waals surface area (Å²) in [6.45, 7) is 6.13. The third-order valence-corrected chi connectivity index (χ3v) is 3.96. The smallest absolute Gasteiger partial charge is 0.0611 e. The van der Waals surface area contributed by atoms with Crippen LogP contribution in [-0.4, -0.2) is 36.5 Å². The summed E-state index contributed by atoms with van der Waals surface area (Å²) in [5, 5.41) is 12.9. The Bertz CT molecular complexity index is 203. The normalized spacial score (nSPS) is 21.5. The molecule has 1 aliphatic carbocycles. The molecule has 2 N–H and O–H groups in total. The highest BCUT2D eigenvalue weighted by Crippen LogP contribution is 2.20. The number of ether oxygens (including phenoxy) is 1. The van der Waals surface area contributed by atoms with E-state index in [-0.39, 0.29) is 12.1 Å². The van der Waals surface area contributed by atoms with Gasteiger partial charge in [0.05, 0.1) is 12.7 Å². The quantitative estimate of drug-likeness (QED) is 0.657. The summed E-state index contributed by atoms with van der Waals surface area (Å²) in [5.74, 6) is 0. The molecule has 3 nitrogen and oxygen atoms in total. The summed E-state index contributed by atoms with van der Waals surface area (Å²) in [6, 6.07) is 0. The number of hydrogen-bond donors (Lipinski definition) is 2. The van der Waals surface area contributed by atoms with Gasteiger partial charge in [-0.05, 0) is 39.2 Å². The predicted molar refractivity (Wildman–Crippen MR) is 75.8 cm³/mol. The average molecular weight is 257 g/mol. The molecule has 0 aliphatic heterocycles. The van der Waals surface area contributed by atoms with E-state index in [1.54, 1.807) is 0 Å². The third kappa shape index (κ3) is 6.17. The van der Waals surface area contributed by atoms with Crippen LogP contribution in [0.4, 0.5) is 0 Å². The molecular weight excluding hydrogens is 226 g/mol. The first kappa shape index (κ1) is 15.9. The lowest BCUT2D eigenvalue weighted by molar-refractivity contribution is 0.0231. The lowest BCUT2D eigenvalue weighted by atomic mass is 9.99. The summed E-state index contributed by atoms with van der Waals surface area (Å²) in [5.41, 5.74) is -0.180. The molecule has 0 aromatic heterocycles. The third-order valence-electron chi connectivity index (χ3n) is 3.96. The molecule has 1 unspecified atom stereocenters. The zero-order chi connectivity index (χ0) is 13.3. The van der Waals surface area contributed by atoms with Crippen LogP contribution in [0, 0.1) is 0 Å². The minimum atomic E-state index is -0.180. The molecule has 0 aromatic rings. The van der Waals surface area contributed by atoms with Gasteiger partial charge in [0.25, 0.3) is 0 Å². The van der Waals surface area contributed by atoms with E-state index in [2.05, 4.69) is 19.2 Å². The highest BCUT2D eigenvalue weighted by atomic mass is 16.5. The molecule has 0 bridgehead atoms. The van der Waals surface area contributed by atoms with Crippen molar-refractivity contribution in [3.05, 3.63) is 0 Å². The zero-order valence-electron chi connectivity index (χ0n) is 12.2. The van der Waals surface area contributed by atoms with Gasteiger partial charge in [-0.25, -0.2) is 0 Å². The number of hydrogen-bond acceptors (Lipinski definition) is 3. The fraction of sp³-hybridized carbons (Fsp3) is 1.00. The van der Waals surface area contributed by atoms with E-state index >= 15 is 0 Å². The van der Waals surface area contributed by atoms with Crippen LogP contribution in [0.1, 0.15) is 65.2 Å². The largest absolute Gasteiger partial charge is 0.394 e. The van der Waals surface area contributed by atoms with Gasteiger partial charge in [-0.2, -0.15) is 0 Å². The van der Waals surface area contributed by atoms with Gasteiger partial charge in [0, 0.05) is 12.1 Å². The minimum absolute atomic E-state index is 0.180. The first-order valence-electron chi connectivity index (χ1n) is 7.67. The van der Waals surface area contributed by atoms with E-state index in [1.165, 1.54) is 38.5 Å². The van der Waals surface area contributed by atoms with Crippen molar-refractivity contribution in [2.75, 3.05) is 19.8 Å². The molecule has 1 atom stereocenters. The summed E-state index contributed by atoms with van der Waals surface area (Å²) in [6.07, 6.45) is 10.3. The van der Waals surface area contributed by atoms with Crippen molar-refractivity contribution in [3.8, 4) is 0 Å². The number of aliphatic hydroxyl groups is 1. The topological polar surface area (TPSA) is 41.5 Å². The molecular formula is C15H31NO2. The predicted octanol–water partition coefficient (Wildman–Crippen LogP) is 2.87. The van der Waals surface area contributed by atoms with Crippen LogP contribution >= 0.6 is 0 Å². The van der Waals surface area contributed by atoms with Gasteiger partial charge in [0.2, 0.25) is 0 Å². The highest BCUT2D eigenvalue weighted by Gasteiger charge is 2.22. The lowest BCUT2D eigenvalue weighted by Crippen LogP contribution is -2.47. The van der Waals surface area contributed by atoms with Crippen LogP contribution in [0.15, 0.2) is 0 Å². The molecule has 1 saturated carbocycles. The Balaban J connectivity index is 2.20. The van der Waals surface area contributed by atoms with Crippen molar-refractivity contribution >= 4 is 0 Å². The fourth-order valence-electron chi connectivity index (χ4n) is 2.51. The molecule has 18 heavy (non-hydrogen) atoms. The molecule has 0 amide bonds. The molecule has 1 rings (SSSR count). The number of nitrogens with one attached hydrogen (secondary N) is 1.